The Morgan fingerprint density at radius 1 is 1.55 bits per heavy atom. The summed E-state index contributed by atoms with van der Waals surface area (Å²) >= 11 is 1.16. The molecule has 0 aliphatic carbocycles. The van der Waals surface area contributed by atoms with Crippen molar-refractivity contribution in [3.8, 4) is 0 Å². The van der Waals surface area contributed by atoms with E-state index in [-0.39, 0.29) is 13.0 Å². The zero-order valence-corrected chi connectivity index (χ0v) is 10.9. The monoisotopic (exact) mass is 294 g/mol. The van der Waals surface area contributed by atoms with Gasteiger partial charge in [0.1, 0.15) is 11.6 Å². The molecule has 2 amide bonds. The van der Waals surface area contributed by atoms with Crippen molar-refractivity contribution in [1.29, 1.82) is 0 Å². The third-order valence-corrected chi connectivity index (χ3v) is 3.63. The molecule has 0 spiro atoms. The molecule has 3 rings (SSSR count). The minimum absolute atomic E-state index is 0.164. The van der Waals surface area contributed by atoms with Crippen molar-refractivity contribution in [2.75, 3.05) is 5.32 Å². The predicted octanol–water partition coefficient (Wildman–Crippen LogP) is 0.305. The van der Waals surface area contributed by atoms with E-state index in [1.54, 1.807) is 0 Å². The predicted molar refractivity (Wildman–Crippen MR) is 68.2 cm³/mol. The van der Waals surface area contributed by atoms with Crippen molar-refractivity contribution in [3.63, 3.8) is 0 Å². The average molecular weight is 294 g/mol. The van der Waals surface area contributed by atoms with Crippen LogP contribution < -0.4 is 5.32 Å². The summed E-state index contributed by atoms with van der Waals surface area (Å²) in [7, 11) is 0. The van der Waals surface area contributed by atoms with Gasteiger partial charge < -0.3 is 15.0 Å². The number of H-pyrrole nitrogens is 1. The Morgan fingerprint density at radius 3 is 3.10 bits per heavy atom. The molecule has 0 saturated carbocycles. The molecule has 0 fully saturated rings. The first-order valence-electron chi connectivity index (χ1n) is 5.73. The number of amides is 2. The van der Waals surface area contributed by atoms with Gasteiger partial charge in [-0.25, -0.2) is 14.6 Å². The number of nitrogens with one attached hydrogen (secondary N) is 2. The molecule has 3 heterocycles. The lowest BCUT2D eigenvalue weighted by Gasteiger charge is -2.31. The highest BCUT2D eigenvalue weighted by molar-refractivity contribution is 7.13. The number of aromatic nitrogens is 4. The van der Waals surface area contributed by atoms with Gasteiger partial charge in [0.05, 0.1) is 24.3 Å². The lowest BCUT2D eigenvalue weighted by molar-refractivity contribution is -0.142. The first kappa shape index (κ1) is 12.5. The number of aromatic amines is 1. The second kappa shape index (κ2) is 4.89. The number of carbonyl (C=O) groups excluding carboxylic acids is 1. The van der Waals surface area contributed by atoms with E-state index in [1.807, 2.05) is 0 Å². The van der Waals surface area contributed by atoms with Gasteiger partial charge in [-0.2, -0.15) is 0 Å². The van der Waals surface area contributed by atoms with Crippen LogP contribution in [0.5, 0.6) is 0 Å². The molecule has 2 aromatic rings. The van der Waals surface area contributed by atoms with Crippen LogP contribution in [0.4, 0.5) is 9.93 Å². The average Bonchev–Trinajstić information content (AvgIpc) is 3.06. The second-order valence-electron chi connectivity index (χ2n) is 4.19. The summed E-state index contributed by atoms with van der Waals surface area (Å²) in [4.78, 5) is 31.7. The summed E-state index contributed by atoms with van der Waals surface area (Å²) in [6, 6.07) is -1.46. The highest BCUT2D eigenvalue weighted by Crippen LogP contribution is 2.22. The summed E-state index contributed by atoms with van der Waals surface area (Å²) in [5.74, 6) is -1.06. The first-order valence-corrected chi connectivity index (χ1v) is 6.61. The van der Waals surface area contributed by atoms with E-state index in [9.17, 15) is 14.7 Å². The normalized spacial score (nSPS) is 17.6. The Kier molecular flexibility index (Phi) is 3.06. The van der Waals surface area contributed by atoms with Crippen LogP contribution in [0.15, 0.2) is 11.8 Å². The number of carboxylic acids is 1. The number of nitrogens with zero attached hydrogens (tertiary/aromatic N) is 4. The Labute approximate surface area is 116 Å². The highest BCUT2D eigenvalue weighted by Gasteiger charge is 2.36. The molecule has 10 heteroatoms. The number of carboxylic acid groups (broad SMARTS) is 1. The molecular formula is C10H10N6O3S. The topological polar surface area (TPSA) is 124 Å². The molecular weight excluding hydrogens is 284 g/mol. The van der Waals surface area contributed by atoms with Crippen LogP contribution in [0.1, 0.15) is 11.4 Å². The summed E-state index contributed by atoms with van der Waals surface area (Å²) in [5, 5.41) is 19.4. The lowest BCUT2D eigenvalue weighted by atomic mass is 10.0. The molecule has 9 nitrogen and oxygen atoms in total. The van der Waals surface area contributed by atoms with Gasteiger partial charge in [0.2, 0.25) is 5.13 Å². The number of hydrogen-bond acceptors (Lipinski definition) is 6. The minimum Gasteiger partial charge on any atom is -0.480 e. The fraction of sp³-hybridized carbons (Fsp3) is 0.300. The van der Waals surface area contributed by atoms with Crippen molar-refractivity contribution in [1.82, 2.24) is 25.1 Å². The van der Waals surface area contributed by atoms with E-state index in [2.05, 4.69) is 25.5 Å². The van der Waals surface area contributed by atoms with Crippen LogP contribution in [0.3, 0.4) is 0 Å². The van der Waals surface area contributed by atoms with E-state index in [1.165, 1.54) is 16.7 Å². The number of aliphatic carboxylic acids is 1. The molecule has 1 aliphatic heterocycles. The smallest absolute Gasteiger partial charge is 0.326 e. The SMILES string of the molecule is O=C(O)C1Cc2nc[nH]c2CN1C(=O)Nc1nncs1. The van der Waals surface area contributed by atoms with Crippen molar-refractivity contribution in [3.05, 3.63) is 23.2 Å². The Morgan fingerprint density at radius 2 is 2.40 bits per heavy atom. The Bertz CT molecular complexity index is 639. The van der Waals surface area contributed by atoms with Crippen LogP contribution in [-0.4, -0.2) is 48.2 Å². The zero-order chi connectivity index (χ0) is 14.1. The lowest BCUT2D eigenvalue weighted by Crippen LogP contribution is -2.50. The Balaban J connectivity index is 1.82. The summed E-state index contributed by atoms with van der Waals surface area (Å²) < 4.78 is 0. The standard InChI is InChI=1S/C10H10N6O3S/c17-8(18)7-1-5-6(12-3-11-5)2-16(7)10(19)14-9-15-13-4-20-9/h3-4,7H,1-2H2,(H,11,12)(H,17,18)(H,14,15,19). The highest BCUT2D eigenvalue weighted by atomic mass is 32.1. The molecule has 1 aliphatic rings. The number of imidazole rings is 1. The molecule has 3 N–H and O–H groups in total. The number of hydrogen-bond donors (Lipinski definition) is 3. The van der Waals surface area contributed by atoms with Gasteiger partial charge in [-0.1, -0.05) is 11.3 Å². The number of fused-ring (bicyclic) bond motifs is 1. The fourth-order valence-electron chi connectivity index (χ4n) is 2.06. The maximum Gasteiger partial charge on any atom is 0.326 e. The van der Waals surface area contributed by atoms with E-state index in [0.29, 0.717) is 10.8 Å². The maximum absolute atomic E-state index is 12.2. The van der Waals surface area contributed by atoms with Crippen LogP contribution >= 0.6 is 11.3 Å². The molecule has 1 atom stereocenters. The van der Waals surface area contributed by atoms with Crippen molar-refractivity contribution in [2.24, 2.45) is 0 Å². The van der Waals surface area contributed by atoms with Crippen molar-refractivity contribution in [2.45, 2.75) is 19.0 Å². The Hall–Kier alpha value is -2.49. The van der Waals surface area contributed by atoms with Gasteiger partial charge in [-0.3, -0.25) is 5.32 Å². The van der Waals surface area contributed by atoms with Gasteiger partial charge in [0.25, 0.3) is 0 Å². The third kappa shape index (κ3) is 2.20. The zero-order valence-electron chi connectivity index (χ0n) is 10.1. The molecule has 0 aromatic carbocycles. The molecule has 0 bridgehead atoms. The quantitative estimate of drug-likeness (QED) is 0.732. The molecule has 2 aromatic heterocycles. The summed E-state index contributed by atoms with van der Waals surface area (Å²) in [6.45, 7) is 0.164. The number of anilines is 1. The van der Waals surface area contributed by atoms with Gasteiger partial charge >= 0.3 is 12.0 Å². The summed E-state index contributed by atoms with van der Waals surface area (Å²) in [5.41, 5.74) is 2.90. The van der Waals surface area contributed by atoms with E-state index >= 15 is 0 Å². The van der Waals surface area contributed by atoms with Crippen molar-refractivity contribution >= 4 is 28.5 Å². The van der Waals surface area contributed by atoms with Crippen molar-refractivity contribution < 1.29 is 14.7 Å². The van der Waals surface area contributed by atoms with Gasteiger partial charge in [0, 0.05) is 6.42 Å². The van der Waals surface area contributed by atoms with Gasteiger partial charge in [-0.05, 0) is 0 Å². The van der Waals surface area contributed by atoms with Crippen LogP contribution in [0.25, 0.3) is 0 Å². The summed E-state index contributed by atoms with van der Waals surface area (Å²) in [6.07, 6.45) is 1.67. The van der Waals surface area contributed by atoms with Gasteiger partial charge in [-0.15, -0.1) is 10.2 Å². The van der Waals surface area contributed by atoms with E-state index in [4.69, 9.17) is 0 Å². The van der Waals surface area contributed by atoms with Crippen LogP contribution in [0, 0.1) is 0 Å². The van der Waals surface area contributed by atoms with Gasteiger partial charge in [0.15, 0.2) is 0 Å². The second-order valence-corrected chi connectivity index (χ2v) is 5.02. The maximum atomic E-state index is 12.2. The number of carbonyl (C=O) groups is 2. The third-order valence-electron chi connectivity index (χ3n) is 3.02. The fourth-order valence-corrected chi connectivity index (χ4v) is 2.50. The molecule has 0 radical (unpaired) electrons. The molecule has 0 saturated heterocycles. The number of urea groups is 1. The van der Waals surface area contributed by atoms with E-state index in [0.717, 1.165) is 17.0 Å². The number of rotatable bonds is 2. The molecule has 20 heavy (non-hydrogen) atoms. The molecule has 104 valence electrons. The largest absolute Gasteiger partial charge is 0.480 e. The van der Waals surface area contributed by atoms with Crippen LogP contribution in [-0.2, 0) is 17.8 Å². The van der Waals surface area contributed by atoms with Crippen LogP contribution in [0.2, 0.25) is 0 Å². The molecule has 1 unspecified atom stereocenters. The minimum atomic E-state index is -1.06. The first-order chi connectivity index (χ1) is 9.65. The van der Waals surface area contributed by atoms with E-state index < -0.39 is 18.0 Å².